The zero-order valence-electron chi connectivity index (χ0n) is 13.0. The minimum atomic E-state index is 0.511. The van der Waals surface area contributed by atoms with Crippen molar-refractivity contribution in [3.63, 3.8) is 0 Å². The van der Waals surface area contributed by atoms with Crippen molar-refractivity contribution in [2.24, 2.45) is 11.3 Å². The van der Waals surface area contributed by atoms with Crippen LogP contribution in [0.15, 0.2) is 24.3 Å². The molecule has 3 rings (SSSR count). The van der Waals surface area contributed by atoms with E-state index in [0.29, 0.717) is 5.41 Å². The Morgan fingerprint density at radius 2 is 2.10 bits per heavy atom. The molecule has 1 aromatic carbocycles. The molecular formula is C19H28O. The quantitative estimate of drug-likeness (QED) is 0.753. The van der Waals surface area contributed by atoms with Crippen LogP contribution in [-0.4, -0.2) is 13.7 Å². The first kappa shape index (κ1) is 14.1. The minimum absolute atomic E-state index is 0.511. The molecule has 0 radical (unpaired) electrons. The van der Waals surface area contributed by atoms with Gasteiger partial charge in [-0.25, -0.2) is 0 Å². The smallest absolute Gasteiger partial charge is 0.0496 e. The average Bonchev–Trinajstić information content (AvgIpc) is 2.48. The molecule has 20 heavy (non-hydrogen) atoms. The van der Waals surface area contributed by atoms with Crippen molar-refractivity contribution in [3.8, 4) is 0 Å². The Kier molecular flexibility index (Phi) is 4.16. The molecule has 1 nitrogen and oxygen atoms in total. The number of benzene rings is 1. The molecule has 0 N–H and O–H groups in total. The number of ether oxygens (including phenoxy) is 1. The van der Waals surface area contributed by atoms with Gasteiger partial charge < -0.3 is 4.74 Å². The van der Waals surface area contributed by atoms with Gasteiger partial charge >= 0.3 is 0 Å². The molecule has 0 amide bonds. The van der Waals surface area contributed by atoms with Gasteiger partial charge in [-0.1, -0.05) is 44.0 Å². The number of methoxy groups -OCH3 is 1. The van der Waals surface area contributed by atoms with Gasteiger partial charge in [0.05, 0.1) is 0 Å². The molecule has 0 spiro atoms. The van der Waals surface area contributed by atoms with Crippen molar-refractivity contribution in [1.82, 2.24) is 0 Å². The van der Waals surface area contributed by atoms with Crippen molar-refractivity contribution in [2.45, 2.75) is 57.8 Å². The fourth-order valence-electron chi connectivity index (χ4n) is 5.16. The van der Waals surface area contributed by atoms with Crippen LogP contribution < -0.4 is 0 Å². The molecule has 0 aliphatic heterocycles. The summed E-state index contributed by atoms with van der Waals surface area (Å²) >= 11 is 0. The molecule has 0 heterocycles. The van der Waals surface area contributed by atoms with Crippen LogP contribution in [0.3, 0.4) is 0 Å². The molecule has 0 saturated heterocycles. The maximum Gasteiger partial charge on any atom is 0.0496 e. The lowest BCUT2D eigenvalue weighted by Gasteiger charge is -2.53. The fourth-order valence-corrected chi connectivity index (χ4v) is 5.16. The molecule has 1 fully saturated rings. The van der Waals surface area contributed by atoms with Gasteiger partial charge in [-0.3, -0.25) is 0 Å². The molecule has 2 aliphatic rings. The first-order chi connectivity index (χ1) is 9.81. The lowest BCUT2D eigenvalue weighted by molar-refractivity contribution is -0.0124. The second-order valence-corrected chi connectivity index (χ2v) is 6.82. The summed E-state index contributed by atoms with van der Waals surface area (Å²) in [6, 6.07) is 9.20. The highest BCUT2D eigenvalue weighted by Gasteiger charge is 2.49. The first-order valence-electron chi connectivity index (χ1n) is 8.38. The van der Waals surface area contributed by atoms with Gasteiger partial charge in [0.1, 0.15) is 0 Å². The van der Waals surface area contributed by atoms with Crippen LogP contribution in [0.2, 0.25) is 0 Å². The third-order valence-electron chi connectivity index (χ3n) is 5.93. The Balaban J connectivity index is 2.00. The Bertz CT molecular complexity index is 451. The summed E-state index contributed by atoms with van der Waals surface area (Å²) in [6.45, 7) is 3.31. The van der Waals surface area contributed by atoms with Gasteiger partial charge in [-0.15, -0.1) is 0 Å². The van der Waals surface area contributed by atoms with E-state index in [1.165, 1.54) is 44.9 Å². The zero-order chi connectivity index (χ0) is 14.0. The molecule has 0 bridgehead atoms. The number of fused-ring (bicyclic) bond motifs is 3. The minimum Gasteiger partial charge on any atom is -0.384 e. The van der Waals surface area contributed by atoms with E-state index in [0.717, 1.165) is 18.4 Å². The predicted molar refractivity (Wildman–Crippen MR) is 84.1 cm³/mol. The molecule has 1 saturated carbocycles. The molecule has 3 atom stereocenters. The Labute approximate surface area is 123 Å². The van der Waals surface area contributed by atoms with Crippen molar-refractivity contribution in [3.05, 3.63) is 35.4 Å². The lowest BCUT2D eigenvalue weighted by Crippen LogP contribution is -2.44. The van der Waals surface area contributed by atoms with E-state index < -0.39 is 0 Å². The highest BCUT2D eigenvalue weighted by molar-refractivity contribution is 5.36. The molecule has 2 unspecified atom stereocenters. The summed E-state index contributed by atoms with van der Waals surface area (Å²) < 4.78 is 5.59. The Morgan fingerprint density at radius 1 is 1.25 bits per heavy atom. The fraction of sp³-hybridized carbons (Fsp3) is 0.684. The van der Waals surface area contributed by atoms with E-state index in [-0.39, 0.29) is 0 Å². The molecule has 0 aromatic heterocycles. The van der Waals surface area contributed by atoms with E-state index in [9.17, 15) is 0 Å². The van der Waals surface area contributed by atoms with E-state index in [4.69, 9.17) is 4.74 Å². The molecular weight excluding hydrogens is 244 g/mol. The second kappa shape index (κ2) is 5.89. The summed E-state index contributed by atoms with van der Waals surface area (Å²) in [6.07, 6.45) is 9.45. The van der Waals surface area contributed by atoms with Crippen molar-refractivity contribution in [1.29, 1.82) is 0 Å². The van der Waals surface area contributed by atoms with Crippen LogP contribution in [-0.2, 0) is 11.2 Å². The van der Waals surface area contributed by atoms with Crippen LogP contribution >= 0.6 is 0 Å². The largest absolute Gasteiger partial charge is 0.384 e. The summed E-state index contributed by atoms with van der Waals surface area (Å²) in [5, 5.41) is 0. The van der Waals surface area contributed by atoms with Gasteiger partial charge in [0.2, 0.25) is 0 Å². The average molecular weight is 272 g/mol. The van der Waals surface area contributed by atoms with Crippen LogP contribution in [0.5, 0.6) is 0 Å². The van der Waals surface area contributed by atoms with Gasteiger partial charge in [-0.2, -0.15) is 0 Å². The third kappa shape index (κ3) is 2.20. The van der Waals surface area contributed by atoms with Crippen molar-refractivity contribution in [2.75, 3.05) is 13.7 Å². The highest BCUT2D eigenvalue weighted by atomic mass is 16.5. The number of rotatable bonds is 4. The topological polar surface area (TPSA) is 9.23 Å². The standard InChI is InChI=1S/C19H28O/c1-3-12-19-13-11-15-7-4-5-9-17(15)18(19)10-6-8-16(19)14-20-2/h4-5,7,9,16,18H,3,6,8,10-14H2,1-2H3/t16-,18?,19?/m1/s1. The van der Waals surface area contributed by atoms with Crippen molar-refractivity contribution < 1.29 is 4.74 Å². The molecule has 1 heteroatoms. The van der Waals surface area contributed by atoms with Crippen LogP contribution in [0.4, 0.5) is 0 Å². The van der Waals surface area contributed by atoms with Gasteiger partial charge in [-0.05, 0) is 60.5 Å². The van der Waals surface area contributed by atoms with Gasteiger partial charge in [0.25, 0.3) is 0 Å². The number of hydrogen-bond acceptors (Lipinski definition) is 1. The zero-order valence-corrected chi connectivity index (χ0v) is 13.0. The maximum absolute atomic E-state index is 5.59. The number of hydrogen-bond donors (Lipinski definition) is 0. The summed E-state index contributed by atoms with van der Waals surface area (Å²) in [5.41, 5.74) is 3.78. The van der Waals surface area contributed by atoms with E-state index >= 15 is 0 Å². The molecule has 2 aliphatic carbocycles. The van der Waals surface area contributed by atoms with Crippen LogP contribution in [0.1, 0.15) is 62.5 Å². The first-order valence-corrected chi connectivity index (χ1v) is 8.38. The van der Waals surface area contributed by atoms with Gasteiger partial charge in [0.15, 0.2) is 0 Å². The van der Waals surface area contributed by atoms with Gasteiger partial charge in [0, 0.05) is 13.7 Å². The van der Waals surface area contributed by atoms with E-state index in [1.807, 2.05) is 7.11 Å². The van der Waals surface area contributed by atoms with E-state index in [2.05, 4.69) is 31.2 Å². The summed E-state index contributed by atoms with van der Waals surface area (Å²) in [7, 11) is 1.88. The third-order valence-corrected chi connectivity index (χ3v) is 5.93. The lowest BCUT2D eigenvalue weighted by atomic mass is 9.52. The maximum atomic E-state index is 5.59. The van der Waals surface area contributed by atoms with Crippen LogP contribution in [0.25, 0.3) is 0 Å². The van der Waals surface area contributed by atoms with Crippen molar-refractivity contribution >= 4 is 0 Å². The Hall–Kier alpha value is -0.820. The summed E-state index contributed by atoms with van der Waals surface area (Å²) in [5.74, 6) is 1.54. The molecule has 1 aromatic rings. The van der Waals surface area contributed by atoms with E-state index in [1.54, 1.807) is 11.1 Å². The second-order valence-electron chi connectivity index (χ2n) is 6.82. The predicted octanol–water partition coefficient (Wildman–Crippen LogP) is 4.95. The SMILES string of the molecule is CCCC12CCc3ccccc3C1CCC[C@@H]2COC. The van der Waals surface area contributed by atoms with Crippen LogP contribution in [0, 0.1) is 11.3 Å². The summed E-state index contributed by atoms with van der Waals surface area (Å²) in [4.78, 5) is 0. The Morgan fingerprint density at radius 3 is 2.90 bits per heavy atom. The normalized spacial score (nSPS) is 32.5. The molecule has 110 valence electrons. The monoisotopic (exact) mass is 272 g/mol. The highest BCUT2D eigenvalue weighted by Crippen LogP contribution is 2.58. The number of aryl methyl sites for hydroxylation is 1.